The summed E-state index contributed by atoms with van der Waals surface area (Å²) in [7, 11) is -3.47. The third kappa shape index (κ3) is 4.98. The molecule has 0 atom stereocenters. The molecule has 0 aliphatic heterocycles. The fraction of sp³-hybridized carbons (Fsp3) is 0.600. The highest BCUT2D eigenvalue weighted by atomic mass is 32.2. The molecular weight excluding hydrogens is 290 g/mol. The van der Waals surface area contributed by atoms with Crippen LogP contribution in [0.2, 0.25) is 0 Å². The molecule has 0 saturated carbocycles. The van der Waals surface area contributed by atoms with Crippen LogP contribution in [0.3, 0.4) is 0 Å². The van der Waals surface area contributed by atoms with Gasteiger partial charge in [-0.2, -0.15) is 4.31 Å². The van der Waals surface area contributed by atoms with Crippen LogP contribution in [0.5, 0.6) is 5.75 Å². The van der Waals surface area contributed by atoms with Crippen molar-refractivity contribution in [3.05, 3.63) is 24.3 Å². The van der Waals surface area contributed by atoms with Crippen molar-refractivity contribution in [3.63, 3.8) is 0 Å². The van der Waals surface area contributed by atoms with E-state index < -0.39 is 10.0 Å². The highest BCUT2D eigenvalue weighted by Gasteiger charge is 2.25. The Kier molecular flexibility index (Phi) is 7.14. The van der Waals surface area contributed by atoms with E-state index in [1.54, 1.807) is 24.3 Å². The quantitative estimate of drug-likeness (QED) is 0.710. The summed E-state index contributed by atoms with van der Waals surface area (Å²) in [4.78, 5) is 0.277. The van der Waals surface area contributed by atoms with Gasteiger partial charge in [-0.1, -0.05) is 6.92 Å². The van der Waals surface area contributed by atoms with Gasteiger partial charge in [-0.3, -0.25) is 0 Å². The van der Waals surface area contributed by atoms with Crippen molar-refractivity contribution in [2.24, 2.45) is 0 Å². The summed E-state index contributed by atoms with van der Waals surface area (Å²) in [6, 6.07) is 6.35. The van der Waals surface area contributed by atoms with E-state index >= 15 is 0 Å². The van der Waals surface area contributed by atoms with Crippen LogP contribution in [-0.4, -0.2) is 43.6 Å². The van der Waals surface area contributed by atoms with E-state index in [1.165, 1.54) is 4.31 Å². The molecule has 21 heavy (non-hydrogen) atoms. The number of nitrogens with zero attached hydrogens (tertiary/aromatic N) is 1. The second kappa shape index (κ2) is 8.36. The average Bonchev–Trinajstić information content (AvgIpc) is 2.45. The first-order valence-electron chi connectivity index (χ1n) is 7.29. The molecule has 0 fully saturated rings. The Morgan fingerprint density at radius 1 is 1.24 bits per heavy atom. The smallest absolute Gasteiger partial charge is 0.243 e. The first-order valence-corrected chi connectivity index (χ1v) is 8.73. The maximum atomic E-state index is 12.6. The van der Waals surface area contributed by atoms with Crippen LogP contribution in [0.1, 0.15) is 33.6 Å². The summed E-state index contributed by atoms with van der Waals surface area (Å²) in [6.07, 6.45) is 1.33. The molecule has 5 nitrogen and oxygen atoms in total. The number of ether oxygens (including phenoxy) is 1. The van der Waals surface area contributed by atoms with Gasteiger partial charge in [0.2, 0.25) is 10.0 Å². The Morgan fingerprint density at radius 2 is 1.86 bits per heavy atom. The predicted octanol–water partition coefficient (Wildman–Crippen LogP) is 2.26. The highest BCUT2D eigenvalue weighted by Crippen LogP contribution is 2.21. The van der Waals surface area contributed by atoms with Gasteiger partial charge in [0.1, 0.15) is 5.75 Å². The molecule has 0 aliphatic rings. The molecule has 120 valence electrons. The van der Waals surface area contributed by atoms with Crippen LogP contribution in [0, 0.1) is 0 Å². The van der Waals surface area contributed by atoms with E-state index in [-0.39, 0.29) is 17.5 Å². The van der Waals surface area contributed by atoms with Crippen molar-refractivity contribution in [1.29, 1.82) is 0 Å². The standard InChI is InChI=1S/C15H25NO4S/c1-4-10-16(13(2)3)21(18,19)15-8-6-14(7-9-15)20-12-5-11-17/h6-9,13,17H,4-5,10-12H2,1-3H3. The van der Waals surface area contributed by atoms with E-state index in [2.05, 4.69) is 0 Å². The third-order valence-electron chi connectivity index (χ3n) is 3.02. The zero-order chi connectivity index (χ0) is 15.9. The molecule has 1 aromatic carbocycles. The molecular formula is C15H25NO4S. The van der Waals surface area contributed by atoms with Gasteiger partial charge in [0.15, 0.2) is 0 Å². The van der Waals surface area contributed by atoms with Crippen molar-refractivity contribution in [3.8, 4) is 5.75 Å². The van der Waals surface area contributed by atoms with Gasteiger partial charge < -0.3 is 9.84 Å². The van der Waals surface area contributed by atoms with E-state index in [0.717, 1.165) is 6.42 Å². The summed E-state index contributed by atoms with van der Waals surface area (Å²) < 4.78 is 32.1. The van der Waals surface area contributed by atoms with E-state index in [1.807, 2.05) is 20.8 Å². The minimum Gasteiger partial charge on any atom is -0.494 e. The monoisotopic (exact) mass is 315 g/mol. The summed E-state index contributed by atoms with van der Waals surface area (Å²) in [5, 5.41) is 8.69. The number of hydrogen-bond acceptors (Lipinski definition) is 4. The van der Waals surface area contributed by atoms with Crippen molar-refractivity contribution >= 4 is 10.0 Å². The van der Waals surface area contributed by atoms with E-state index in [0.29, 0.717) is 25.3 Å². The van der Waals surface area contributed by atoms with Gasteiger partial charge in [0.25, 0.3) is 0 Å². The van der Waals surface area contributed by atoms with Gasteiger partial charge >= 0.3 is 0 Å². The topological polar surface area (TPSA) is 66.8 Å². The Balaban J connectivity index is 2.88. The number of hydrogen-bond donors (Lipinski definition) is 1. The lowest BCUT2D eigenvalue weighted by Crippen LogP contribution is -2.37. The zero-order valence-corrected chi connectivity index (χ0v) is 13.8. The molecule has 6 heteroatoms. The molecule has 0 bridgehead atoms. The first kappa shape index (κ1) is 17.9. The number of sulfonamides is 1. The molecule has 0 aliphatic carbocycles. The van der Waals surface area contributed by atoms with Gasteiger partial charge in [-0.15, -0.1) is 0 Å². The van der Waals surface area contributed by atoms with Gasteiger partial charge in [-0.25, -0.2) is 8.42 Å². The van der Waals surface area contributed by atoms with Crippen LogP contribution < -0.4 is 4.74 Å². The van der Waals surface area contributed by atoms with Crippen molar-refractivity contribution < 1.29 is 18.3 Å². The number of aliphatic hydroxyl groups is 1. The Morgan fingerprint density at radius 3 is 2.33 bits per heavy atom. The van der Waals surface area contributed by atoms with Crippen LogP contribution >= 0.6 is 0 Å². The number of aliphatic hydroxyl groups excluding tert-OH is 1. The molecule has 0 unspecified atom stereocenters. The number of benzene rings is 1. The lowest BCUT2D eigenvalue weighted by Gasteiger charge is -2.25. The van der Waals surface area contributed by atoms with Crippen LogP contribution in [0.15, 0.2) is 29.2 Å². The number of rotatable bonds is 9. The normalized spacial score (nSPS) is 12.1. The largest absolute Gasteiger partial charge is 0.494 e. The minimum absolute atomic E-state index is 0.0737. The summed E-state index contributed by atoms with van der Waals surface area (Å²) in [5.41, 5.74) is 0. The lowest BCUT2D eigenvalue weighted by atomic mass is 10.3. The van der Waals surface area contributed by atoms with Gasteiger partial charge in [0, 0.05) is 25.6 Å². The summed E-state index contributed by atoms with van der Waals surface area (Å²) in [5.74, 6) is 0.606. The highest BCUT2D eigenvalue weighted by molar-refractivity contribution is 7.89. The molecule has 0 saturated heterocycles. The van der Waals surface area contributed by atoms with Gasteiger partial charge in [0.05, 0.1) is 11.5 Å². The van der Waals surface area contributed by atoms with E-state index in [9.17, 15) is 8.42 Å². The van der Waals surface area contributed by atoms with Crippen LogP contribution in [0.25, 0.3) is 0 Å². The Labute approximate surface area is 127 Å². The predicted molar refractivity (Wildman–Crippen MR) is 83.0 cm³/mol. The first-order chi connectivity index (χ1) is 9.93. The molecule has 0 spiro atoms. The van der Waals surface area contributed by atoms with E-state index in [4.69, 9.17) is 9.84 Å². The summed E-state index contributed by atoms with van der Waals surface area (Å²) >= 11 is 0. The fourth-order valence-electron chi connectivity index (χ4n) is 1.97. The van der Waals surface area contributed by atoms with Crippen molar-refractivity contribution in [2.45, 2.75) is 44.6 Å². The maximum Gasteiger partial charge on any atom is 0.243 e. The molecule has 0 amide bonds. The second-order valence-corrected chi connectivity index (χ2v) is 7.00. The van der Waals surface area contributed by atoms with Crippen LogP contribution in [0.4, 0.5) is 0 Å². The molecule has 0 heterocycles. The Bertz CT molecular complexity index is 511. The average molecular weight is 315 g/mol. The zero-order valence-electron chi connectivity index (χ0n) is 12.9. The third-order valence-corrected chi connectivity index (χ3v) is 5.11. The SMILES string of the molecule is CCCN(C(C)C)S(=O)(=O)c1ccc(OCCCO)cc1. The molecule has 1 N–H and O–H groups in total. The van der Waals surface area contributed by atoms with Gasteiger partial charge in [-0.05, 0) is 44.5 Å². The van der Waals surface area contributed by atoms with Crippen molar-refractivity contribution in [2.75, 3.05) is 19.8 Å². The second-order valence-electron chi connectivity index (χ2n) is 5.11. The molecule has 1 rings (SSSR count). The Hall–Kier alpha value is -1.11. The summed E-state index contributed by atoms with van der Waals surface area (Å²) in [6.45, 7) is 6.71. The lowest BCUT2D eigenvalue weighted by molar-refractivity contribution is 0.233. The molecule has 0 aromatic heterocycles. The minimum atomic E-state index is -3.47. The molecule has 0 radical (unpaired) electrons. The van der Waals surface area contributed by atoms with Crippen molar-refractivity contribution in [1.82, 2.24) is 4.31 Å². The molecule has 1 aromatic rings. The van der Waals surface area contributed by atoms with Crippen LogP contribution in [-0.2, 0) is 10.0 Å². The maximum absolute atomic E-state index is 12.6. The fourth-order valence-corrected chi connectivity index (χ4v) is 3.70.